The molecule has 0 aliphatic carbocycles. The number of nitrogens with one attached hydrogen (secondary N) is 1. The lowest BCUT2D eigenvalue weighted by Gasteiger charge is -2.15. The van der Waals surface area contributed by atoms with Gasteiger partial charge in [-0.3, -0.25) is 0 Å². The Morgan fingerprint density at radius 2 is 0.982 bits per heavy atom. The summed E-state index contributed by atoms with van der Waals surface area (Å²) >= 11 is 0. The average Bonchev–Trinajstić information content (AvgIpc) is 3.79. The Morgan fingerprint density at radius 3 is 1.87 bits per heavy atom. The molecule has 258 valence electrons. The van der Waals surface area contributed by atoms with E-state index in [0.717, 1.165) is 44.6 Å². The van der Waals surface area contributed by atoms with E-state index in [-0.39, 0.29) is 0 Å². The Balaban J connectivity index is 1.06. The minimum Gasteiger partial charge on any atom is -0.456 e. The van der Waals surface area contributed by atoms with Crippen molar-refractivity contribution >= 4 is 65.9 Å². The number of furan rings is 1. The summed E-state index contributed by atoms with van der Waals surface area (Å²) in [5, 5.41) is 10.8. The zero-order valence-electron chi connectivity index (χ0n) is 29.9. The van der Waals surface area contributed by atoms with Gasteiger partial charge in [0.15, 0.2) is 0 Å². The zero-order valence-corrected chi connectivity index (χ0v) is 29.9. The van der Waals surface area contributed by atoms with Gasteiger partial charge in [0.25, 0.3) is 0 Å². The monoisotopic (exact) mass is 702 g/mol. The third-order valence-corrected chi connectivity index (χ3v) is 11.0. The van der Waals surface area contributed by atoms with Gasteiger partial charge in [0.05, 0.1) is 16.7 Å². The number of nitrogens with zero attached hydrogens (tertiary/aromatic N) is 1. The quantitative estimate of drug-likeness (QED) is 0.187. The zero-order chi connectivity index (χ0) is 36.3. The van der Waals surface area contributed by atoms with Gasteiger partial charge in [0, 0.05) is 43.9 Å². The predicted octanol–water partition coefficient (Wildman–Crippen LogP) is 14.6. The van der Waals surface area contributed by atoms with Crippen molar-refractivity contribution in [3.05, 3.63) is 200 Å². The molecule has 0 radical (unpaired) electrons. The van der Waals surface area contributed by atoms with Crippen molar-refractivity contribution in [1.29, 1.82) is 0 Å². The van der Waals surface area contributed by atoms with Crippen molar-refractivity contribution in [2.75, 3.05) is 5.32 Å². The first-order chi connectivity index (χ1) is 27.3. The van der Waals surface area contributed by atoms with Crippen LogP contribution in [0, 0.1) is 0 Å². The summed E-state index contributed by atoms with van der Waals surface area (Å²) in [4.78, 5) is 0. The van der Waals surface area contributed by atoms with Gasteiger partial charge in [-0.15, -0.1) is 0 Å². The number of benzene rings is 9. The molecule has 0 spiro atoms. The third-order valence-electron chi connectivity index (χ3n) is 11.0. The maximum atomic E-state index is 6.16. The molecule has 0 atom stereocenters. The molecule has 3 heteroatoms. The van der Waals surface area contributed by atoms with Crippen molar-refractivity contribution in [1.82, 2.24) is 4.57 Å². The summed E-state index contributed by atoms with van der Waals surface area (Å²) < 4.78 is 8.60. The molecule has 55 heavy (non-hydrogen) atoms. The predicted molar refractivity (Wildman–Crippen MR) is 232 cm³/mol. The Morgan fingerprint density at radius 1 is 0.345 bits per heavy atom. The fraction of sp³-hybridized carbons (Fsp3) is 0. The number of rotatable bonds is 6. The van der Waals surface area contributed by atoms with Crippen LogP contribution in [0.5, 0.6) is 0 Å². The summed E-state index contributed by atoms with van der Waals surface area (Å²) in [6, 6.07) is 71.7. The van der Waals surface area contributed by atoms with Crippen LogP contribution in [0.3, 0.4) is 0 Å². The van der Waals surface area contributed by atoms with E-state index in [2.05, 4.69) is 192 Å². The maximum absolute atomic E-state index is 6.16. The highest BCUT2D eigenvalue weighted by Crippen LogP contribution is 2.41. The fourth-order valence-electron chi connectivity index (χ4n) is 8.41. The molecule has 11 aromatic rings. The van der Waals surface area contributed by atoms with Crippen LogP contribution in [0.25, 0.3) is 93.6 Å². The van der Waals surface area contributed by atoms with E-state index in [9.17, 15) is 0 Å². The van der Waals surface area contributed by atoms with Crippen molar-refractivity contribution in [3.8, 4) is 39.1 Å². The molecular weight excluding hydrogens is 669 g/mol. The average molecular weight is 703 g/mol. The van der Waals surface area contributed by atoms with Gasteiger partial charge >= 0.3 is 0 Å². The number of para-hydroxylation sites is 3. The van der Waals surface area contributed by atoms with Gasteiger partial charge in [-0.25, -0.2) is 0 Å². The number of anilines is 2. The van der Waals surface area contributed by atoms with E-state index >= 15 is 0 Å². The number of aromatic nitrogens is 1. The second-order valence-electron chi connectivity index (χ2n) is 14.2. The van der Waals surface area contributed by atoms with Crippen LogP contribution < -0.4 is 5.32 Å². The Kier molecular flexibility index (Phi) is 7.17. The molecule has 9 aromatic carbocycles. The molecule has 0 saturated carbocycles. The van der Waals surface area contributed by atoms with Gasteiger partial charge in [0.2, 0.25) is 0 Å². The van der Waals surface area contributed by atoms with Crippen molar-refractivity contribution in [2.24, 2.45) is 0 Å². The maximum Gasteiger partial charge on any atom is 0.135 e. The van der Waals surface area contributed by atoms with E-state index in [1.165, 1.54) is 60.4 Å². The fourth-order valence-corrected chi connectivity index (χ4v) is 8.41. The first-order valence-corrected chi connectivity index (χ1v) is 18.8. The van der Waals surface area contributed by atoms with Crippen LogP contribution in [0.1, 0.15) is 0 Å². The van der Waals surface area contributed by atoms with E-state index < -0.39 is 0 Å². The standard InChI is InChI=1S/C52H34N2O/c1-3-13-34(14-4-1)44-31-35(25-28-47(44)53-38-15-5-2-6-16-38)36-26-29-50-45(32-36)42-17-7-9-22-48(42)54(50)49-23-12-20-40-39(19-11-21-41(40)49)37-27-30-52-46(33-37)43-18-8-10-24-51(43)55-52/h1-33,53H. The minimum atomic E-state index is 0.909. The molecule has 0 fully saturated rings. The topological polar surface area (TPSA) is 30.1 Å². The normalized spacial score (nSPS) is 11.6. The summed E-state index contributed by atoms with van der Waals surface area (Å²) in [6.45, 7) is 0. The number of fused-ring (bicyclic) bond motifs is 7. The van der Waals surface area contributed by atoms with Crippen LogP contribution in [0.2, 0.25) is 0 Å². The molecule has 2 heterocycles. The Bertz CT molecular complexity index is 3230. The Labute approximate surface area is 318 Å². The van der Waals surface area contributed by atoms with Gasteiger partial charge in [-0.1, -0.05) is 133 Å². The van der Waals surface area contributed by atoms with Gasteiger partial charge < -0.3 is 14.3 Å². The molecule has 0 amide bonds. The highest BCUT2D eigenvalue weighted by molar-refractivity contribution is 6.13. The van der Waals surface area contributed by atoms with Crippen molar-refractivity contribution in [2.45, 2.75) is 0 Å². The van der Waals surface area contributed by atoms with E-state index in [0.29, 0.717) is 0 Å². The molecule has 0 aliphatic rings. The second-order valence-corrected chi connectivity index (χ2v) is 14.2. The minimum absolute atomic E-state index is 0.909. The van der Waals surface area contributed by atoms with Gasteiger partial charge in [0.1, 0.15) is 11.2 Å². The number of hydrogen-bond acceptors (Lipinski definition) is 2. The van der Waals surface area contributed by atoms with Gasteiger partial charge in [-0.2, -0.15) is 0 Å². The molecule has 0 saturated heterocycles. The third kappa shape index (κ3) is 5.20. The van der Waals surface area contributed by atoms with Crippen molar-refractivity contribution < 1.29 is 4.42 Å². The van der Waals surface area contributed by atoms with Crippen LogP contribution in [-0.4, -0.2) is 4.57 Å². The van der Waals surface area contributed by atoms with E-state index in [1.807, 2.05) is 18.2 Å². The summed E-state index contributed by atoms with van der Waals surface area (Å²) in [7, 11) is 0. The Hall–Kier alpha value is -7.36. The van der Waals surface area contributed by atoms with Crippen LogP contribution in [0.4, 0.5) is 11.4 Å². The van der Waals surface area contributed by atoms with Crippen LogP contribution >= 0.6 is 0 Å². The van der Waals surface area contributed by atoms with E-state index in [1.54, 1.807) is 0 Å². The molecule has 0 unspecified atom stereocenters. The highest BCUT2D eigenvalue weighted by atomic mass is 16.3. The van der Waals surface area contributed by atoms with Crippen LogP contribution in [-0.2, 0) is 0 Å². The SMILES string of the molecule is c1ccc(Nc2ccc(-c3ccc4c(c3)c3ccccc3n4-c3cccc4c(-c5ccc6oc7ccccc7c6c5)cccc34)cc2-c2ccccc2)cc1. The first kappa shape index (κ1) is 31.2. The molecule has 1 N–H and O–H groups in total. The smallest absolute Gasteiger partial charge is 0.135 e. The second kappa shape index (κ2) is 12.6. The van der Waals surface area contributed by atoms with Crippen molar-refractivity contribution in [3.63, 3.8) is 0 Å². The molecule has 0 aliphatic heterocycles. The number of hydrogen-bond donors (Lipinski definition) is 1. The lowest BCUT2D eigenvalue weighted by atomic mass is 9.96. The molecular formula is C52H34N2O. The summed E-state index contributed by atoms with van der Waals surface area (Å²) in [6.07, 6.45) is 0. The van der Waals surface area contributed by atoms with E-state index in [4.69, 9.17) is 4.42 Å². The summed E-state index contributed by atoms with van der Waals surface area (Å²) in [5.41, 5.74) is 14.6. The largest absolute Gasteiger partial charge is 0.456 e. The molecule has 11 rings (SSSR count). The molecule has 2 aromatic heterocycles. The lowest BCUT2D eigenvalue weighted by molar-refractivity contribution is 0.669. The summed E-state index contributed by atoms with van der Waals surface area (Å²) in [5.74, 6) is 0. The van der Waals surface area contributed by atoms with Gasteiger partial charge in [-0.05, 0) is 99.9 Å². The lowest BCUT2D eigenvalue weighted by Crippen LogP contribution is -1.96. The first-order valence-electron chi connectivity index (χ1n) is 18.8. The highest BCUT2D eigenvalue weighted by Gasteiger charge is 2.17. The molecule has 0 bridgehead atoms. The van der Waals surface area contributed by atoms with Crippen LogP contribution in [0.15, 0.2) is 205 Å². The molecule has 3 nitrogen and oxygen atoms in total.